The van der Waals surface area contributed by atoms with Gasteiger partial charge in [0.1, 0.15) is 0 Å². The fourth-order valence-corrected chi connectivity index (χ4v) is 2.85. The van der Waals surface area contributed by atoms with Gasteiger partial charge in [-0.3, -0.25) is 4.90 Å². The molecule has 1 atom stereocenters. The van der Waals surface area contributed by atoms with Crippen molar-refractivity contribution in [1.29, 1.82) is 0 Å². The van der Waals surface area contributed by atoms with Crippen molar-refractivity contribution >= 4 is 0 Å². The summed E-state index contributed by atoms with van der Waals surface area (Å²) in [6, 6.07) is 11.7. The van der Waals surface area contributed by atoms with Crippen LogP contribution in [0.5, 0.6) is 0 Å². The van der Waals surface area contributed by atoms with Crippen molar-refractivity contribution < 1.29 is 0 Å². The maximum Gasteiger partial charge on any atom is 0.0350 e. The molecule has 0 radical (unpaired) electrons. The van der Waals surface area contributed by atoms with Crippen molar-refractivity contribution in [1.82, 2.24) is 4.90 Å². The topological polar surface area (TPSA) is 3.24 Å². The van der Waals surface area contributed by atoms with Gasteiger partial charge in [0.05, 0.1) is 0 Å². The maximum atomic E-state index is 2.69. The summed E-state index contributed by atoms with van der Waals surface area (Å²) in [5.41, 5.74) is 1.50. The average molecular weight is 231 g/mol. The van der Waals surface area contributed by atoms with Crippen LogP contribution >= 0.6 is 0 Å². The summed E-state index contributed by atoms with van der Waals surface area (Å²) >= 11 is 0. The van der Waals surface area contributed by atoms with Crippen LogP contribution in [-0.2, 0) is 0 Å². The van der Waals surface area contributed by atoms with Crippen LogP contribution in [0.3, 0.4) is 0 Å². The zero-order valence-electron chi connectivity index (χ0n) is 11.2. The molecule has 0 spiro atoms. The third-order valence-electron chi connectivity index (χ3n) is 3.71. The number of hydrogen-bond donors (Lipinski definition) is 0. The van der Waals surface area contributed by atoms with Gasteiger partial charge in [-0.1, -0.05) is 50.6 Å². The highest BCUT2D eigenvalue weighted by Gasteiger charge is 2.22. The fourth-order valence-electron chi connectivity index (χ4n) is 2.85. The Bertz CT molecular complexity index is 312. The first kappa shape index (κ1) is 12.6. The van der Waals surface area contributed by atoms with Gasteiger partial charge < -0.3 is 0 Å². The van der Waals surface area contributed by atoms with Crippen molar-refractivity contribution in [3.05, 3.63) is 35.9 Å². The Balaban J connectivity index is 2.12. The lowest BCUT2D eigenvalue weighted by molar-refractivity contribution is 0.145. The van der Waals surface area contributed by atoms with Crippen molar-refractivity contribution in [2.75, 3.05) is 13.1 Å². The molecule has 17 heavy (non-hydrogen) atoms. The van der Waals surface area contributed by atoms with Gasteiger partial charge in [-0.25, -0.2) is 0 Å². The predicted octanol–water partition coefficient (Wildman–Crippen LogP) is 4.26. The zero-order valence-corrected chi connectivity index (χ0v) is 11.2. The molecule has 0 aromatic heterocycles. The summed E-state index contributed by atoms with van der Waals surface area (Å²) < 4.78 is 0. The van der Waals surface area contributed by atoms with Gasteiger partial charge in [0.2, 0.25) is 0 Å². The molecule has 0 saturated carbocycles. The number of rotatable bonds is 4. The minimum atomic E-state index is 0.636. The lowest BCUT2D eigenvalue weighted by Crippen LogP contribution is -2.34. The molecule has 1 fully saturated rings. The molecule has 0 bridgehead atoms. The van der Waals surface area contributed by atoms with Gasteiger partial charge in [-0.15, -0.1) is 0 Å². The van der Waals surface area contributed by atoms with Crippen LogP contribution in [-0.4, -0.2) is 18.0 Å². The lowest BCUT2D eigenvalue weighted by Gasteiger charge is -2.36. The summed E-state index contributed by atoms with van der Waals surface area (Å²) in [7, 11) is 0. The second-order valence-electron chi connectivity index (χ2n) is 5.65. The van der Waals surface area contributed by atoms with Gasteiger partial charge >= 0.3 is 0 Å². The molecule has 1 aromatic carbocycles. The van der Waals surface area contributed by atoms with Crippen LogP contribution < -0.4 is 0 Å². The number of benzene rings is 1. The summed E-state index contributed by atoms with van der Waals surface area (Å²) in [6.07, 6.45) is 5.45. The number of nitrogens with zero attached hydrogens (tertiary/aromatic N) is 1. The monoisotopic (exact) mass is 231 g/mol. The van der Waals surface area contributed by atoms with Crippen LogP contribution in [0.25, 0.3) is 0 Å². The van der Waals surface area contributed by atoms with E-state index in [-0.39, 0.29) is 0 Å². The standard InChI is InChI=1S/C16H25N/c1-14(2)13-16(15-9-5-3-6-10-15)17-11-7-4-8-12-17/h3,5-6,9-10,14,16H,4,7-8,11-13H2,1-2H3/t16-/m0/s1. The van der Waals surface area contributed by atoms with Gasteiger partial charge in [0, 0.05) is 6.04 Å². The quantitative estimate of drug-likeness (QED) is 0.748. The van der Waals surface area contributed by atoms with E-state index in [1.807, 2.05) is 0 Å². The minimum absolute atomic E-state index is 0.636. The molecule has 1 nitrogen and oxygen atoms in total. The molecule has 1 heteroatoms. The number of piperidine rings is 1. The van der Waals surface area contributed by atoms with E-state index in [4.69, 9.17) is 0 Å². The molecule has 1 saturated heterocycles. The van der Waals surface area contributed by atoms with Gasteiger partial charge in [0.15, 0.2) is 0 Å². The van der Waals surface area contributed by atoms with E-state index < -0.39 is 0 Å². The van der Waals surface area contributed by atoms with Crippen LogP contribution in [0.4, 0.5) is 0 Å². The van der Waals surface area contributed by atoms with E-state index in [1.165, 1.54) is 44.3 Å². The smallest absolute Gasteiger partial charge is 0.0350 e. The van der Waals surface area contributed by atoms with Crippen molar-refractivity contribution in [2.45, 2.75) is 45.6 Å². The first-order valence-electron chi connectivity index (χ1n) is 7.06. The van der Waals surface area contributed by atoms with E-state index in [1.54, 1.807) is 0 Å². The Morgan fingerprint density at radius 2 is 1.65 bits per heavy atom. The van der Waals surface area contributed by atoms with E-state index in [9.17, 15) is 0 Å². The van der Waals surface area contributed by atoms with Crippen molar-refractivity contribution in [3.63, 3.8) is 0 Å². The predicted molar refractivity (Wildman–Crippen MR) is 74.1 cm³/mol. The SMILES string of the molecule is CC(C)C[C@@H](c1ccccc1)N1CCCCC1. The molecule has 0 unspecified atom stereocenters. The number of hydrogen-bond acceptors (Lipinski definition) is 1. The number of likely N-dealkylation sites (tertiary alicyclic amines) is 1. The molecular weight excluding hydrogens is 206 g/mol. The molecule has 1 heterocycles. The third-order valence-corrected chi connectivity index (χ3v) is 3.71. The fraction of sp³-hybridized carbons (Fsp3) is 0.625. The molecular formula is C16H25N. The minimum Gasteiger partial charge on any atom is -0.296 e. The highest BCUT2D eigenvalue weighted by Crippen LogP contribution is 2.30. The van der Waals surface area contributed by atoms with Gasteiger partial charge in [-0.05, 0) is 43.8 Å². The molecule has 1 aliphatic rings. The zero-order chi connectivity index (χ0) is 12.1. The van der Waals surface area contributed by atoms with Crippen molar-refractivity contribution in [3.8, 4) is 0 Å². The van der Waals surface area contributed by atoms with Crippen LogP contribution in [0.1, 0.15) is 51.1 Å². The van der Waals surface area contributed by atoms with Crippen molar-refractivity contribution in [2.24, 2.45) is 5.92 Å². The largest absolute Gasteiger partial charge is 0.296 e. The Morgan fingerprint density at radius 1 is 1.00 bits per heavy atom. The molecule has 0 N–H and O–H groups in total. The summed E-state index contributed by atoms with van der Waals surface area (Å²) in [6.45, 7) is 7.23. The summed E-state index contributed by atoms with van der Waals surface area (Å²) in [5, 5.41) is 0. The first-order chi connectivity index (χ1) is 8.27. The highest BCUT2D eigenvalue weighted by atomic mass is 15.2. The lowest BCUT2D eigenvalue weighted by atomic mass is 9.94. The Hall–Kier alpha value is -0.820. The molecule has 0 amide bonds. The molecule has 1 aromatic rings. The first-order valence-corrected chi connectivity index (χ1v) is 7.06. The Morgan fingerprint density at radius 3 is 2.24 bits per heavy atom. The van der Waals surface area contributed by atoms with Gasteiger partial charge in [0.25, 0.3) is 0 Å². The Labute approximate surface area is 106 Å². The Kier molecular flexibility index (Phi) is 4.61. The maximum absolute atomic E-state index is 2.69. The van der Waals surface area contributed by atoms with E-state index in [2.05, 4.69) is 49.1 Å². The van der Waals surface area contributed by atoms with E-state index in [0.29, 0.717) is 6.04 Å². The molecule has 2 rings (SSSR count). The second-order valence-corrected chi connectivity index (χ2v) is 5.65. The molecule has 94 valence electrons. The molecule has 0 aliphatic carbocycles. The summed E-state index contributed by atoms with van der Waals surface area (Å²) in [5.74, 6) is 0.766. The third kappa shape index (κ3) is 3.57. The van der Waals surface area contributed by atoms with Crippen LogP contribution in [0, 0.1) is 5.92 Å². The normalized spacial score (nSPS) is 19.5. The van der Waals surface area contributed by atoms with Crippen LogP contribution in [0.15, 0.2) is 30.3 Å². The second kappa shape index (κ2) is 6.20. The van der Waals surface area contributed by atoms with E-state index >= 15 is 0 Å². The molecule has 1 aliphatic heterocycles. The highest BCUT2D eigenvalue weighted by molar-refractivity contribution is 5.19. The van der Waals surface area contributed by atoms with E-state index in [0.717, 1.165) is 5.92 Å². The van der Waals surface area contributed by atoms with Gasteiger partial charge in [-0.2, -0.15) is 0 Å². The van der Waals surface area contributed by atoms with Crippen LogP contribution in [0.2, 0.25) is 0 Å². The average Bonchev–Trinajstić information content (AvgIpc) is 2.38. The summed E-state index contributed by atoms with van der Waals surface area (Å²) in [4.78, 5) is 2.69.